The maximum Gasteiger partial charge on any atom is 0.149 e. The van der Waals surface area contributed by atoms with Gasteiger partial charge in [-0.3, -0.25) is 0 Å². The van der Waals surface area contributed by atoms with Crippen molar-refractivity contribution in [3.8, 4) is 0 Å². The Bertz CT molecular complexity index is 511. The molecule has 0 N–H and O–H groups in total. The lowest BCUT2D eigenvalue weighted by atomic mass is 10.2. The van der Waals surface area contributed by atoms with Crippen LogP contribution in [0.5, 0.6) is 0 Å². The number of hydrogen-bond donors (Lipinski definition) is 0. The topological polar surface area (TPSA) is 37.4 Å². The number of halogens is 3. The van der Waals surface area contributed by atoms with E-state index in [9.17, 15) is 17.2 Å². The van der Waals surface area contributed by atoms with Crippen LogP contribution in [-0.2, 0) is 15.7 Å². The molecule has 0 aliphatic rings. The van der Waals surface area contributed by atoms with Gasteiger partial charge in [-0.2, -0.15) is 0 Å². The highest BCUT2D eigenvalue weighted by atomic mass is 35.5. The molecule has 1 rings (SSSR count). The van der Waals surface area contributed by atoms with Gasteiger partial charge in [0.15, 0.2) is 0 Å². The average Bonchev–Trinajstić information content (AvgIpc) is 2.24. The van der Waals surface area contributed by atoms with E-state index in [4.69, 9.17) is 11.6 Å². The van der Waals surface area contributed by atoms with Gasteiger partial charge in [0, 0.05) is 25.7 Å². The van der Waals surface area contributed by atoms with Gasteiger partial charge in [0.2, 0.25) is 0 Å². The van der Waals surface area contributed by atoms with E-state index in [2.05, 4.69) is 0 Å². The quantitative estimate of drug-likeness (QED) is 0.782. The molecule has 102 valence electrons. The number of anilines is 1. The van der Waals surface area contributed by atoms with Gasteiger partial charge < -0.3 is 4.90 Å². The summed E-state index contributed by atoms with van der Waals surface area (Å²) in [6.45, 7) is 0.0207. The fourth-order valence-electron chi connectivity index (χ4n) is 1.47. The third-order valence-electron chi connectivity index (χ3n) is 2.41. The standard InChI is InChI=1S/C11H14ClF2NO2S/c1-15(3-4-18(2,16)17)11-9(13)5-8(7-12)6-10(11)14/h5-6H,3-4,7H2,1-2H3. The van der Waals surface area contributed by atoms with E-state index in [0.29, 0.717) is 5.56 Å². The lowest BCUT2D eigenvalue weighted by Gasteiger charge is -2.20. The molecule has 7 heteroatoms. The lowest BCUT2D eigenvalue weighted by molar-refractivity contribution is 0.574. The number of nitrogens with zero attached hydrogens (tertiary/aromatic N) is 1. The third kappa shape index (κ3) is 4.10. The minimum atomic E-state index is -3.17. The molecule has 0 saturated carbocycles. The Morgan fingerprint density at radius 1 is 1.28 bits per heavy atom. The minimum Gasteiger partial charge on any atom is -0.369 e. The van der Waals surface area contributed by atoms with Crippen LogP contribution in [0.3, 0.4) is 0 Å². The molecule has 3 nitrogen and oxygen atoms in total. The van der Waals surface area contributed by atoms with Crippen molar-refractivity contribution in [3.63, 3.8) is 0 Å². The van der Waals surface area contributed by atoms with Gasteiger partial charge >= 0.3 is 0 Å². The first-order valence-corrected chi connectivity index (χ1v) is 7.77. The molecule has 0 spiro atoms. The first kappa shape index (κ1) is 15.2. The predicted molar refractivity (Wildman–Crippen MR) is 68.9 cm³/mol. The summed E-state index contributed by atoms with van der Waals surface area (Å²) in [7, 11) is -1.74. The fraction of sp³-hybridized carbons (Fsp3) is 0.455. The second-order valence-corrected chi connectivity index (χ2v) is 6.62. The average molecular weight is 298 g/mol. The molecule has 0 radical (unpaired) electrons. The van der Waals surface area contributed by atoms with E-state index >= 15 is 0 Å². The number of rotatable bonds is 5. The van der Waals surface area contributed by atoms with Crippen LogP contribution in [0.4, 0.5) is 14.5 Å². The molecule has 1 aromatic rings. The Kier molecular flexibility index (Phi) is 4.92. The number of hydrogen-bond acceptors (Lipinski definition) is 3. The van der Waals surface area contributed by atoms with Gasteiger partial charge in [0.1, 0.15) is 27.2 Å². The van der Waals surface area contributed by atoms with E-state index < -0.39 is 21.5 Å². The van der Waals surface area contributed by atoms with Gasteiger partial charge in [-0.05, 0) is 17.7 Å². The largest absolute Gasteiger partial charge is 0.369 e. The second kappa shape index (κ2) is 5.84. The molecule has 1 aromatic carbocycles. The Balaban J connectivity index is 2.95. The van der Waals surface area contributed by atoms with E-state index in [1.165, 1.54) is 11.9 Å². The highest BCUT2D eigenvalue weighted by Crippen LogP contribution is 2.24. The van der Waals surface area contributed by atoms with Gasteiger partial charge in [0.25, 0.3) is 0 Å². The molecular weight excluding hydrogens is 284 g/mol. The summed E-state index contributed by atoms with van der Waals surface area (Å²) in [4.78, 5) is 1.24. The van der Waals surface area contributed by atoms with Gasteiger partial charge in [-0.15, -0.1) is 11.6 Å². The fourth-order valence-corrected chi connectivity index (χ4v) is 2.23. The van der Waals surface area contributed by atoms with Crippen molar-refractivity contribution in [2.75, 3.05) is 30.5 Å². The summed E-state index contributed by atoms with van der Waals surface area (Å²) in [6.07, 6.45) is 1.07. The van der Waals surface area contributed by atoms with Crippen LogP contribution in [0.15, 0.2) is 12.1 Å². The van der Waals surface area contributed by atoms with Crippen LogP contribution in [0, 0.1) is 11.6 Å². The van der Waals surface area contributed by atoms with Crippen LogP contribution in [0.2, 0.25) is 0 Å². The molecular formula is C11H14ClF2NO2S. The second-order valence-electron chi connectivity index (χ2n) is 4.09. The molecule has 0 atom stereocenters. The maximum atomic E-state index is 13.7. The Morgan fingerprint density at radius 2 is 1.78 bits per heavy atom. The molecule has 0 aliphatic carbocycles. The zero-order valence-corrected chi connectivity index (χ0v) is 11.7. The molecule has 0 fully saturated rings. The predicted octanol–water partition coefficient (Wildman–Crippen LogP) is 2.18. The zero-order chi connectivity index (χ0) is 13.9. The number of sulfone groups is 1. The van der Waals surface area contributed by atoms with Gasteiger partial charge in [-0.25, -0.2) is 17.2 Å². The first-order valence-electron chi connectivity index (χ1n) is 5.17. The molecule has 0 aromatic heterocycles. The van der Waals surface area contributed by atoms with Crippen molar-refractivity contribution >= 4 is 27.1 Å². The van der Waals surface area contributed by atoms with E-state index in [-0.39, 0.29) is 23.9 Å². The van der Waals surface area contributed by atoms with Crippen molar-refractivity contribution in [1.29, 1.82) is 0 Å². The monoisotopic (exact) mass is 297 g/mol. The number of alkyl halides is 1. The molecule has 0 amide bonds. The summed E-state index contributed by atoms with van der Waals surface area (Å²) in [5.74, 6) is -1.65. The van der Waals surface area contributed by atoms with Crippen LogP contribution >= 0.6 is 11.6 Å². The Labute approximate surface area is 110 Å². The molecule has 18 heavy (non-hydrogen) atoms. The van der Waals surface area contributed by atoms with Gasteiger partial charge in [-0.1, -0.05) is 0 Å². The molecule has 0 unspecified atom stereocenters. The van der Waals surface area contributed by atoms with Crippen LogP contribution in [0.1, 0.15) is 5.56 Å². The third-order valence-corrected chi connectivity index (χ3v) is 3.64. The molecule has 0 bridgehead atoms. The van der Waals surface area contributed by atoms with E-state index in [1.807, 2.05) is 0 Å². The van der Waals surface area contributed by atoms with Gasteiger partial charge in [0.05, 0.1) is 5.75 Å². The first-order chi connectivity index (χ1) is 8.24. The highest BCUT2D eigenvalue weighted by Gasteiger charge is 2.16. The van der Waals surface area contributed by atoms with Crippen molar-refractivity contribution in [1.82, 2.24) is 0 Å². The summed E-state index contributed by atoms with van der Waals surface area (Å²) in [5.41, 5.74) is 0.0967. The highest BCUT2D eigenvalue weighted by molar-refractivity contribution is 7.90. The Morgan fingerprint density at radius 3 is 2.17 bits per heavy atom. The summed E-state index contributed by atoms with van der Waals surface area (Å²) >= 11 is 5.50. The zero-order valence-electron chi connectivity index (χ0n) is 10.1. The van der Waals surface area contributed by atoms with Crippen LogP contribution < -0.4 is 4.90 Å². The van der Waals surface area contributed by atoms with Crippen LogP contribution in [-0.4, -0.2) is 34.0 Å². The summed E-state index contributed by atoms with van der Waals surface area (Å²) < 4.78 is 49.4. The van der Waals surface area contributed by atoms with E-state index in [0.717, 1.165) is 18.4 Å². The molecule has 0 aliphatic heterocycles. The summed E-state index contributed by atoms with van der Waals surface area (Å²) in [6, 6.07) is 2.28. The maximum absolute atomic E-state index is 13.7. The van der Waals surface area contributed by atoms with Crippen molar-refractivity contribution in [3.05, 3.63) is 29.3 Å². The Hall–Kier alpha value is -0.880. The minimum absolute atomic E-state index is 0.0151. The van der Waals surface area contributed by atoms with Crippen molar-refractivity contribution in [2.45, 2.75) is 5.88 Å². The normalized spacial score (nSPS) is 11.6. The van der Waals surface area contributed by atoms with Crippen molar-refractivity contribution in [2.24, 2.45) is 0 Å². The number of benzene rings is 1. The van der Waals surface area contributed by atoms with Crippen molar-refractivity contribution < 1.29 is 17.2 Å². The lowest BCUT2D eigenvalue weighted by Crippen LogP contribution is -2.26. The molecule has 0 heterocycles. The summed E-state index contributed by atoms with van der Waals surface area (Å²) in [5, 5.41) is 0. The van der Waals surface area contributed by atoms with E-state index in [1.54, 1.807) is 0 Å². The SMILES string of the molecule is CN(CCS(C)(=O)=O)c1c(F)cc(CCl)cc1F. The molecule has 0 saturated heterocycles. The van der Waals surface area contributed by atoms with Crippen LogP contribution in [0.25, 0.3) is 0 Å². The smallest absolute Gasteiger partial charge is 0.149 e.